The fraction of sp³-hybridized carbons (Fsp3) is 0.400. The van der Waals surface area contributed by atoms with E-state index >= 15 is 0 Å². The highest BCUT2D eigenvalue weighted by Gasteiger charge is 2.31. The van der Waals surface area contributed by atoms with Crippen LogP contribution in [-0.2, 0) is 9.47 Å². The number of hydrogen-bond acceptors (Lipinski definition) is 4. The van der Waals surface area contributed by atoms with Crippen molar-refractivity contribution in [2.45, 2.75) is 40.3 Å². The smallest absolute Gasteiger partial charge is 0.263 e. The summed E-state index contributed by atoms with van der Waals surface area (Å²) in [5.74, 6) is 1.58. The lowest BCUT2D eigenvalue weighted by Gasteiger charge is -2.32. The van der Waals surface area contributed by atoms with E-state index in [2.05, 4.69) is 12.1 Å². The summed E-state index contributed by atoms with van der Waals surface area (Å²) in [6.45, 7) is 9.08. The second kappa shape index (κ2) is 7.24. The van der Waals surface area contributed by atoms with Gasteiger partial charge in [0.05, 0.1) is 13.2 Å². The fourth-order valence-corrected chi connectivity index (χ4v) is 2.58. The zero-order chi connectivity index (χ0) is 17.1. The molecule has 1 saturated heterocycles. The standard InChI is InChI=1S/C20H24O4/c1-13-5-7-15(3)17(11-13)23-19-20(22-10-9-21-19)24-18-12-14(2)6-8-16(18)4/h5-8,11-12,19-20H,9-10H2,1-4H3/t19-,20-/m0/s1. The molecule has 4 nitrogen and oxygen atoms in total. The highest BCUT2D eigenvalue weighted by atomic mass is 16.8. The van der Waals surface area contributed by atoms with E-state index in [0.717, 1.165) is 33.8 Å². The average Bonchev–Trinajstić information content (AvgIpc) is 2.56. The highest BCUT2D eigenvalue weighted by molar-refractivity contribution is 5.37. The maximum atomic E-state index is 6.05. The van der Waals surface area contributed by atoms with Gasteiger partial charge in [-0.05, 0) is 62.1 Å². The van der Waals surface area contributed by atoms with E-state index in [1.165, 1.54) is 0 Å². The Morgan fingerprint density at radius 2 is 1.12 bits per heavy atom. The molecule has 2 aromatic carbocycles. The van der Waals surface area contributed by atoms with Crippen LogP contribution in [0.3, 0.4) is 0 Å². The van der Waals surface area contributed by atoms with Gasteiger partial charge < -0.3 is 18.9 Å². The topological polar surface area (TPSA) is 36.9 Å². The van der Waals surface area contributed by atoms with E-state index in [4.69, 9.17) is 18.9 Å². The van der Waals surface area contributed by atoms with Crippen LogP contribution in [0.2, 0.25) is 0 Å². The van der Waals surface area contributed by atoms with Gasteiger partial charge in [-0.1, -0.05) is 24.3 Å². The summed E-state index contributed by atoms with van der Waals surface area (Å²) in [5, 5.41) is 0. The van der Waals surface area contributed by atoms with Gasteiger partial charge in [-0.15, -0.1) is 0 Å². The van der Waals surface area contributed by atoms with Crippen LogP contribution in [0.4, 0.5) is 0 Å². The van der Waals surface area contributed by atoms with Gasteiger partial charge in [0.25, 0.3) is 12.6 Å². The first-order chi connectivity index (χ1) is 11.5. The molecule has 0 amide bonds. The number of benzene rings is 2. The predicted molar refractivity (Wildman–Crippen MR) is 92.6 cm³/mol. The van der Waals surface area contributed by atoms with Gasteiger partial charge in [-0.25, -0.2) is 0 Å². The Labute approximate surface area is 143 Å². The minimum atomic E-state index is -0.598. The van der Waals surface area contributed by atoms with Crippen molar-refractivity contribution in [1.82, 2.24) is 0 Å². The first kappa shape index (κ1) is 16.8. The van der Waals surface area contributed by atoms with Gasteiger partial charge >= 0.3 is 0 Å². The summed E-state index contributed by atoms with van der Waals surface area (Å²) in [5.41, 5.74) is 4.39. The third kappa shape index (κ3) is 3.89. The number of rotatable bonds is 4. The average molecular weight is 328 g/mol. The Morgan fingerprint density at radius 1 is 0.708 bits per heavy atom. The van der Waals surface area contributed by atoms with Crippen molar-refractivity contribution in [3.63, 3.8) is 0 Å². The SMILES string of the molecule is Cc1ccc(C)c(O[C@@H]2OCCO[C@H]2Oc2cc(C)ccc2C)c1. The van der Waals surface area contributed by atoms with Crippen LogP contribution in [0.15, 0.2) is 36.4 Å². The summed E-state index contributed by atoms with van der Waals surface area (Å²) >= 11 is 0. The predicted octanol–water partition coefficient (Wildman–Crippen LogP) is 4.08. The molecule has 128 valence electrons. The highest BCUT2D eigenvalue weighted by Crippen LogP contribution is 2.26. The maximum absolute atomic E-state index is 6.05. The van der Waals surface area contributed by atoms with Crippen LogP contribution in [0.1, 0.15) is 22.3 Å². The number of ether oxygens (including phenoxy) is 4. The minimum Gasteiger partial charge on any atom is -0.458 e. The molecule has 3 rings (SSSR count). The Bertz CT molecular complexity index is 649. The third-order valence-electron chi connectivity index (χ3n) is 4.04. The van der Waals surface area contributed by atoms with Gasteiger partial charge in [0.1, 0.15) is 11.5 Å². The molecule has 2 aromatic rings. The van der Waals surface area contributed by atoms with Crippen LogP contribution in [0.5, 0.6) is 11.5 Å². The zero-order valence-electron chi connectivity index (χ0n) is 14.7. The van der Waals surface area contributed by atoms with Gasteiger partial charge in [0, 0.05) is 0 Å². The van der Waals surface area contributed by atoms with Crippen LogP contribution in [0.25, 0.3) is 0 Å². The van der Waals surface area contributed by atoms with Crippen molar-refractivity contribution >= 4 is 0 Å². The molecule has 4 heteroatoms. The molecule has 1 fully saturated rings. The first-order valence-electron chi connectivity index (χ1n) is 8.24. The normalized spacial score (nSPS) is 20.7. The van der Waals surface area contributed by atoms with Crippen LogP contribution < -0.4 is 9.47 Å². The fourth-order valence-electron chi connectivity index (χ4n) is 2.58. The molecule has 2 atom stereocenters. The van der Waals surface area contributed by atoms with Crippen LogP contribution in [0, 0.1) is 27.7 Å². The van der Waals surface area contributed by atoms with Crippen molar-refractivity contribution in [1.29, 1.82) is 0 Å². The lowest BCUT2D eigenvalue weighted by molar-refractivity contribution is -0.271. The quantitative estimate of drug-likeness (QED) is 0.847. The Morgan fingerprint density at radius 3 is 1.54 bits per heavy atom. The van der Waals surface area contributed by atoms with Crippen LogP contribution in [-0.4, -0.2) is 25.8 Å². The van der Waals surface area contributed by atoms with E-state index in [1.54, 1.807) is 0 Å². The third-order valence-corrected chi connectivity index (χ3v) is 4.04. The van der Waals surface area contributed by atoms with Crippen molar-refractivity contribution in [2.75, 3.05) is 13.2 Å². The Balaban J connectivity index is 1.78. The molecule has 0 unspecified atom stereocenters. The molecular weight excluding hydrogens is 304 g/mol. The van der Waals surface area contributed by atoms with Crippen molar-refractivity contribution in [3.05, 3.63) is 58.7 Å². The lowest BCUT2D eigenvalue weighted by atomic mass is 10.1. The second-order valence-electron chi connectivity index (χ2n) is 6.25. The molecule has 1 aliphatic rings. The Hall–Kier alpha value is -2.04. The monoisotopic (exact) mass is 328 g/mol. The zero-order valence-corrected chi connectivity index (χ0v) is 14.7. The maximum Gasteiger partial charge on any atom is 0.263 e. The molecule has 0 spiro atoms. The molecule has 0 aliphatic carbocycles. The van der Waals surface area contributed by atoms with E-state index in [1.807, 2.05) is 52.0 Å². The lowest BCUT2D eigenvalue weighted by Crippen LogP contribution is -2.45. The number of aryl methyl sites for hydroxylation is 4. The molecule has 1 aliphatic heterocycles. The van der Waals surface area contributed by atoms with Crippen molar-refractivity contribution in [2.24, 2.45) is 0 Å². The molecule has 0 bridgehead atoms. The van der Waals surface area contributed by atoms with E-state index < -0.39 is 12.6 Å². The van der Waals surface area contributed by atoms with E-state index in [0.29, 0.717) is 13.2 Å². The molecule has 0 radical (unpaired) electrons. The molecular formula is C20H24O4. The summed E-state index contributed by atoms with van der Waals surface area (Å²) in [4.78, 5) is 0. The van der Waals surface area contributed by atoms with Gasteiger partial charge in [0.15, 0.2) is 0 Å². The minimum absolute atomic E-state index is 0.488. The molecule has 0 saturated carbocycles. The summed E-state index contributed by atoms with van der Waals surface area (Å²) in [7, 11) is 0. The summed E-state index contributed by atoms with van der Waals surface area (Å²) in [6, 6.07) is 12.2. The molecule has 1 heterocycles. The molecule has 24 heavy (non-hydrogen) atoms. The summed E-state index contributed by atoms with van der Waals surface area (Å²) < 4.78 is 23.6. The summed E-state index contributed by atoms with van der Waals surface area (Å²) in [6.07, 6.45) is -1.20. The van der Waals surface area contributed by atoms with Gasteiger partial charge in [-0.2, -0.15) is 0 Å². The van der Waals surface area contributed by atoms with Crippen molar-refractivity contribution < 1.29 is 18.9 Å². The van der Waals surface area contributed by atoms with Crippen LogP contribution >= 0.6 is 0 Å². The van der Waals surface area contributed by atoms with Crippen molar-refractivity contribution in [3.8, 4) is 11.5 Å². The number of hydrogen-bond donors (Lipinski definition) is 0. The Kier molecular flexibility index (Phi) is 5.07. The van der Waals surface area contributed by atoms with E-state index in [9.17, 15) is 0 Å². The largest absolute Gasteiger partial charge is 0.458 e. The first-order valence-corrected chi connectivity index (χ1v) is 8.24. The molecule has 0 aromatic heterocycles. The molecule has 0 N–H and O–H groups in total. The van der Waals surface area contributed by atoms with Gasteiger partial charge in [0.2, 0.25) is 0 Å². The van der Waals surface area contributed by atoms with Gasteiger partial charge in [-0.3, -0.25) is 0 Å². The second-order valence-corrected chi connectivity index (χ2v) is 6.25. The van der Waals surface area contributed by atoms with E-state index in [-0.39, 0.29) is 0 Å².